The Morgan fingerprint density at radius 3 is 2.29 bits per heavy atom. The number of ether oxygens (including phenoxy) is 2. The molecule has 1 aromatic carbocycles. The molecule has 4 aliphatic rings. The average molecular weight is 386 g/mol. The fraction of sp³-hybridized carbons (Fsp3) is 0.619. The third kappa shape index (κ3) is 2.87. The monoisotopic (exact) mass is 386 g/mol. The van der Waals surface area contributed by atoms with E-state index in [1.807, 2.05) is 58.0 Å². The van der Waals surface area contributed by atoms with Crippen LogP contribution in [0.2, 0.25) is 5.82 Å². The first-order chi connectivity index (χ1) is 13.2. The number of hydrogen-bond donors (Lipinski definition) is 0. The Balaban J connectivity index is 1.77. The van der Waals surface area contributed by atoms with Crippen LogP contribution in [-0.2, 0) is 28.4 Å². The van der Waals surface area contributed by atoms with Crippen molar-refractivity contribution in [3.8, 4) is 0 Å². The van der Waals surface area contributed by atoms with Gasteiger partial charge in [0.2, 0.25) is 0 Å². The molecule has 1 aromatic rings. The van der Waals surface area contributed by atoms with Gasteiger partial charge in [-0.3, -0.25) is 9.59 Å². The summed E-state index contributed by atoms with van der Waals surface area (Å²) in [7, 11) is 0.786. The summed E-state index contributed by atoms with van der Waals surface area (Å²) in [6.07, 6.45) is -0.212. The second-order valence-electron chi connectivity index (χ2n) is 9.01. The lowest BCUT2D eigenvalue weighted by atomic mass is 9.50. The van der Waals surface area contributed by atoms with Gasteiger partial charge in [-0.05, 0) is 39.7 Å². The van der Waals surface area contributed by atoms with Crippen molar-refractivity contribution in [2.45, 2.75) is 63.2 Å². The summed E-state index contributed by atoms with van der Waals surface area (Å²) in [4.78, 5) is 25.1. The molecule has 0 N–H and O–H groups in total. The van der Waals surface area contributed by atoms with Crippen LogP contribution in [0.3, 0.4) is 0 Å². The maximum absolute atomic E-state index is 12.7. The highest BCUT2D eigenvalue weighted by molar-refractivity contribution is 6.48. The van der Waals surface area contributed by atoms with Gasteiger partial charge in [0, 0.05) is 11.7 Å². The quantitative estimate of drug-likeness (QED) is 0.588. The van der Waals surface area contributed by atoms with Gasteiger partial charge in [-0.25, -0.2) is 0 Å². The molecule has 0 amide bonds. The van der Waals surface area contributed by atoms with Gasteiger partial charge in [0.05, 0.1) is 30.1 Å². The predicted molar refractivity (Wildman–Crippen MR) is 103 cm³/mol. The number of esters is 2. The van der Waals surface area contributed by atoms with E-state index < -0.39 is 36.3 Å². The maximum atomic E-state index is 12.7. The van der Waals surface area contributed by atoms with Crippen molar-refractivity contribution in [2.24, 2.45) is 11.8 Å². The smallest absolute Gasteiger partial charge is 0.465 e. The molecule has 2 bridgehead atoms. The highest BCUT2D eigenvalue weighted by Gasteiger charge is 2.65. The molecule has 5 rings (SSSR count). The van der Waals surface area contributed by atoms with E-state index in [0.717, 1.165) is 5.56 Å². The van der Waals surface area contributed by atoms with Crippen LogP contribution < -0.4 is 0 Å². The van der Waals surface area contributed by atoms with Gasteiger partial charge in [-0.1, -0.05) is 30.3 Å². The fourth-order valence-electron chi connectivity index (χ4n) is 4.80. The number of carbonyl (C=O) groups excluding carboxylic acids is 2. The van der Waals surface area contributed by atoms with Gasteiger partial charge >= 0.3 is 19.1 Å². The van der Waals surface area contributed by atoms with E-state index in [2.05, 4.69) is 0 Å². The molecule has 1 aliphatic carbocycles. The molecule has 0 aromatic heterocycles. The Kier molecular flexibility index (Phi) is 4.58. The molecule has 5 unspecified atom stereocenters. The molecule has 3 heterocycles. The first kappa shape index (κ1) is 19.5. The van der Waals surface area contributed by atoms with Crippen molar-refractivity contribution in [1.29, 1.82) is 0 Å². The van der Waals surface area contributed by atoms with Crippen molar-refractivity contribution in [3.63, 3.8) is 0 Å². The molecule has 3 aliphatic heterocycles. The normalized spacial score (nSPS) is 35.5. The van der Waals surface area contributed by atoms with Crippen LogP contribution >= 0.6 is 0 Å². The summed E-state index contributed by atoms with van der Waals surface area (Å²) < 4.78 is 23.4. The van der Waals surface area contributed by atoms with E-state index in [1.165, 1.54) is 7.11 Å². The van der Waals surface area contributed by atoms with Crippen LogP contribution in [0.4, 0.5) is 0 Å². The third-order valence-electron chi connectivity index (χ3n) is 6.96. The Hall–Kier alpha value is -1.86. The van der Waals surface area contributed by atoms with Gasteiger partial charge in [0.1, 0.15) is 6.10 Å². The molecule has 28 heavy (non-hydrogen) atoms. The molecule has 0 spiro atoms. The predicted octanol–water partition coefficient (Wildman–Crippen LogP) is 2.97. The number of methoxy groups -OCH3 is 1. The minimum absolute atomic E-state index is 0.136. The van der Waals surface area contributed by atoms with Crippen molar-refractivity contribution in [3.05, 3.63) is 35.9 Å². The number of rotatable bonds is 3. The molecule has 150 valence electrons. The van der Waals surface area contributed by atoms with E-state index in [1.54, 1.807) is 0 Å². The Morgan fingerprint density at radius 1 is 1.11 bits per heavy atom. The summed E-state index contributed by atoms with van der Waals surface area (Å²) in [5.41, 5.74) is 0.0120. The zero-order chi connectivity index (χ0) is 20.3. The summed E-state index contributed by atoms with van der Waals surface area (Å²) in [6, 6.07) is 9.90. The first-order valence-electron chi connectivity index (χ1n) is 9.85. The zero-order valence-corrected chi connectivity index (χ0v) is 17.0. The van der Waals surface area contributed by atoms with Crippen molar-refractivity contribution in [2.75, 3.05) is 7.11 Å². The third-order valence-corrected chi connectivity index (χ3v) is 6.96. The van der Waals surface area contributed by atoms with E-state index in [-0.39, 0.29) is 23.7 Å². The van der Waals surface area contributed by atoms with E-state index in [0.29, 0.717) is 6.42 Å². The average Bonchev–Trinajstić information content (AvgIpc) is 2.88. The molecular weight excluding hydrogens is 359 g/mol. The van der Waals surface area contributed by atoms with Gasteiger partial charge in [0.15, 0.2) is 0 Å². The second-order valence-corrected chi connectivity index (χ2v) is 9.01. The van der Waals surface area contributed by atoms with Gasteiger partial charge in [-0.15, -0.1) is 0 Å². The van der Waals surface area contributed by atoms with Crippen molar-refractivity contribution < 1.29 is 28.4 Å². The molecule has 3 saturated heterocycles. The van der Waals surface area contributed by atoms with Crippen LogP contribution in [0, 0.1) is 11.8 Å². The second kappa shape index (κ2) is 6.60. The lowest BCUT2D eigenvalue weighted by Crippen LogP contribution is -2.57. The molecule has 5 atom stereocenters. The minimum Gasteiger partial charge on any atom is -0.469 e. The molecule has 4 fully saturated rings. The van der Waals surface area contributed by atoms with Crippen LogP contribution in [0.25, 0.3) is 0 Å². The molecule has 7 heteroatoms. The van der Waals surface area contributed by atoms with Gasteiger partial charge in [-0.2, -0.15) is 0 Å². The Bertz CT molecular complexity index is 760. The number of carbonyl (C=O) groups is 2. The van der Waals surface area contributed by atoms with E-state index in [9.17, 15) is 9.59 Å². The lowest BCUT2D eigenvalue weighted by Gasteiger charge is -2.50. The Morgan fingerprint density at radius 2 is 1.71 bits per heavy atom. The topological polar surface area (TPSA) is 71.1 Å². The summed E-state index contributed by atoms with van der Waals surface area (Å²) in [6.45, 7) is 7.98. The number of hydrogen-bond acceptors (Lipinski definition) is 6. The van der Waals surface area contributed by atoms with Crippen molar-refractivity contribution >= 4 is 19.1 Å². The summed E-state index contributed by atoms with van der Waals surface area (Å²) in [5.74, 6) is -1.97. The minimum atomic E-state index is -0.634. The standard InChI is InChI=1S/C21H27BO6/c1-20(2)21(3,4)28-22(27-20)16-15(12-9-7-6-8-10-12)13-11-14(18(23)25-5)17(16)26-19(13)24/h6-10,13-17H,11H2,1-5H3. The molecular formula is C21H27BO6. The molecule has 0 radical (unpaired) electrons. The first-order valence-corrected chi connectivity index (χ1v) is 9.85. The summed E-state index contributed by atoms with van der Waals surface area (Å²) in [5, 5.41) is 0. The van der Waals surface area contributed by atoms with Crippen molar-refractivity contribution in [1.82, 2.24) is 0 Å². The highest BCUT2D eigenvalue weighted by Crippen LogP contribution is 2.57. The van der Waals surface area contributed by atoms with Gasteiger partial charge in [0.25, 0.3) is 0 Å². The highest BCUT2D eigenvalue weighted by atomic mass is 16.7. The van der Waals surface area contributed by atoms with Crippen LogP contribution in [-0.4, -0.2) is 43.5 Å². The number of benzene rings is 1. The maximum Gasteiger partial charge on any atom is 0.465 e. The van der Waals surface area contributed by atoms with E-state index >= 15 is 0 Å². The van der Waals surface area contributed by atoms with Crippen LogP contribution in [0.15, 0.2) is 30.3 Å². The Labute approximate surface area is 166 Å². The van der Waals surface area contributed by atoms with Gasteiger partial charge < -0.3 is 18.8 Å². The lowest BCUT2D eigenvalue weighted by molar-refractivity contribution is -0.186. The zero-order valence-electron chi connectivity index (χ0n) is 17.0. The largest absolute Gasteiger partial charge is 0.469 e. The molecule has 6 nitrogen and oxygen atoms in total. The fourth-order valence-corrected chi connectivity index (χ4v) is 4.80. The van der Waals surface area contributed by atoms with Crippen LogP contribution in [0.5, 0.6) is 0 Å². The summed E-state index contributed by atoms with van der Waals surface area (Å²) >= 11 is 0. The van der Waals surface area contributed by atoms with Crippen LogP contribution in [0.1, 0.15) is 45.6 Å². The van der Waals surface area contributed by atoms with E-state index in [4.69, 9.17) is 18.8 Å². The molecule has 1 saturated carbocycles. The SMILES string of the molecule is COC(=O)C1CC2C(=O)OC1C(B1OC(C)(C)C(C)(C)O1)C2c1ccccc1. The number of fused-ring (bicyclic) bond motifs is 3.